The molecular formula is C19H24N2O2S2. The number of benzene rings is 2. The fourth-order valence-corrected chi connectivity index (χ4v) is 4.49. The molecule has 25 heavy (non-hydrogen) atoms. The van der Waals surface area contributed by atoms with Crippen LogP contribution in [-0.2, 0) is 23.1 Å². The third-order valence-corrected chi connectivity index (χ3v) is 6.69. The van der Waals surface area contributed by atoms with Crippen LogP contribution in [0.25, 0.3) is 0 Å². The number of nitrogens with zero attached hydrogens (tertiary/aromatic N) is 1. The van der Waals surface area contributed by atoms with Crippen molar-refractivity contribution in [3.8, 4) is 0 Å². The Hall–Kier alpha value is -1.34. The van der Waals surface area contributed by atoms with Crippen molar-refractivity contribution in [1.82, 2.24) is 9.62 Å². The molecule has 1 fully saturated rings. The largest absolute Gasteiger partial charge is 0.299 e. The summed E-state index contributed by atoms with van der Waals surface area (Å²) in [5.41, 5.74) is 2.24. The maximum absolute atomic E-state index is 12.5. The van der Waals surface area contributed by atoms with Gasteiger partial charge in [0, 0.05) is 18.0 Å². The number of likely N-dealkylation sites (tertiary alicyclic amines) is 1. The van der Waals surface area contributed by atoms with Crippen molar-refractivity contribution < 1.29 is 8.42 Å². The van der Waals surface area contributed by atoms with Crippen LogP contribution in [-0.4, -0.2) is 32.7 Å². The van der Waals surface area contributed by atoms with Crippen LogP contribution >= 0.6 is 11.8 Å². The van der Waals surface area contributed by atoms with Gasteiger partial charge in [-0.25, -0.2) is 13.1 Å². The van der Waals surface area contributed by atoms with Gasteiger partial charge in [0.25, 0.3) is 0 Å². The summed E-state index contributed by atoms with van der Waals surface area (Å²) in [5.74, 6) is 0. The van der Waals surface area contributed by atoms with Crippen LogP contribution in [0.5, 0.6) is 0 Å². The van der Waals surface area contributed by atoms with E-state index in [1.54, 1.807) is 23.9 Å². The standard InChI is InChI=1S/C19H24N2O2S2/c1-24-18-8-10-19(11-9-18)25(22,23)20-14-16-6-2-3-7-17(16)15-21-12-4-5-13-21/h2-3,6-11,20H,4-5,12-15H2,1H3. The van der Waals surface area contributed by atoms with E-state index >= 15 is 0 Å². The van der Waals surface area contributed by atoms with Gasteiger partial charge in [-0.15, -0.1) is 11.8 Å². The molecule has 0 spiro atoms. The molecular weight excluding hydrogens is 352 g/mol. The molecule has 134 valence electrons. The molecule has 2 aromatic rings. The second-order valence-corrected chi connectivity index (χ2v) is 8.90. The summed E-state index contributed by atoms with van der Waals surface area (Å²) in [6.07, 6.45) is 4.47. The molecule has 0 bridgehead atoms. The number of rotatable bonds is 7. The van der Waals surface area contributed by atoms with Gasteiger partial charge in [-0.3, -0.25) is 4.90 Å². The molecule has 0 aliphatic carbocycles. The molecule has 6 heteroatoms. The van der Waals surface area contributed by atoms with Gasteiger partial charge >= 0.3 is 0 Å². The van der Waals surface area contributed by atoms with Crippen LogP contribution < -0.4 is 4.72 Å². The van der Waals surface area contributed by atoms with Crippen molar-refractivity contribution in [3.63, 3.8) is 0 Å². The monoisotopic (exact) mass is 376 g/mol. The first-order valence-corrected chi connectivity index (χ1v) is 11.2. The average molecular weight is 377 g/mol. The highest BCUT2D eigenvalue weighted by molar-refractivity contribution is 7.98. The van der Waals surface area contributed by atoms with Crippen LogP contribution in [0.1, 0.15) is 24.0 Å². The van der Waals surface area contributed by atoms with E-state index in [-0.39, 0.29) is 0 Å². The lowest BCUT2D eigenvalue weighted by Gasteiger charge is -2.17. The highest BCUT2D eigenvalue weighted by Crippen LogP contribution is 2.19. The average Bonchev–Trinajstić information content (AvgIpc) is 3.14. The minimum Gasteiger partial charge on any atom is -0.299 e. The van der Waals surface area contributed by atoms with Crippen LogP contribution in [0.15, 0.2) is 58.3 Å². The van der Waals surface area contributed by atoms with Gasteiger partial charge < -0.3 is 0 Å². The number of hydrogen-bond donors (Lipinski definition) is 1. The van der Waals surface area contributed by atoms with Crippen molar-refractivity contribution in [2.45, 2.75) is 35.7 Å². The number of nitrogens with one attached hydrogen (secondary N) is 1. The second kappa shape index (κ2) is 8.36. The molecule has 2 aromatic carbocycles. The van der Waals surface area contributed by atoms with Gasteiger partial charge in [0.15, 0.2) is 0 Å². The van der Waals surface area contributed by atoms with Crippen molar-refractivity contribution in [3.05, 3.63) is 59.7 Å². The van der Waals surface area contributed by atoms with E-state index in [9.17, 15) is 8.42 Å². The summed E-state index contributed by atoms with van der Waals surface area (Å²) < 4.78 is 27.8. The predicted octanol–water partition coefficient (Wildman–Crippen LogP) is 3.48. The van der Waals surface area contributed by atoms with Gasteiger partial charge in [0.05, 0.1) is 4.90 Å². The third-order valence-electron chi connectivity index (χ3n) is 4.53. The van der Waals surface area contributed by atoms with Crippen molar-refractivity contribution in [1.29, 1.82) is 0 Å². The van der Waals surface area contributed by atoms with Gasteiger partial charge in [-0.05, 0) is 67.6 Å². The highest BCUT2D eigenvalue weighted by Gasteiger charge is 2.16. The van der Waals surface area contributed by atoms with Crippen molar-refractivity contribution in [2.24, 2.45) is 0 Å². The highest BCUT2D eigenvalue weighted by atomic mass is 32.2. The third kappa shape index (κ3) is 4.85. The van der Waals surface area contributed by atoms with Crippen molar-refractivity contribution >= 4 is 21.8 Å². The Kier molecular flexibility index (Phi) is 6.17. The smallest absolute Gasteiger partial charge is 0.240 e. The zero-order valence-electron chi connectivity index (χ0n) is 14.4. The summed E-state index contributed by atoms with van der Waals surface area (Å²) in [6, 6.07) is 15.1. The molecule has 1 saturated heterocycles. The molecule has 0 atom stereocenters. The van der Waals surface area contributed by atoms with Crippen LogP contribution in [0, 0.1) is 0 Å². The van der Waals surface area contributed by atoms with Gasteiger partial charge in [-0.1, -0.05) is 24.3 Å². The van der Waals surface area contributed by atoms with Crippen LogP contribution in [0.4, 0.5) is 0 Å². The van der Waals surface area contributed by atoms with Gasteiger partial charge in [-0.2, -0.15) is 0 Å². The molecule has 3 rings (SSSR count). The summed E-state index contributed by atoms with van der Waals surface area (Å²) >= 11 is 1.60. The minimum atomic E-state index is -3.50. The molecule has 0 radical (unpaired) electrons. The molecule has 1 aliphatic rings. The van der Waals surface area contributed by atoms with E-state index in [1.165, 1.54) is 18.4 Å². The fraction of sp³-hybridized carbons (Fsp3) is 0.368. The Labute approximate surface area is 154 Å². The first kappa shape index (κ1) is 18.5. The Morgan fingerprint density at radius 1 is 1.00 bits per heavy atom. The van der Waals surface area contributed by atoms with Crippen LogP contribution in [0.3, 0.4) is 0 Å². The Balaban J connectivity index is 1.69. The molecule has 1 heterocycles. The lowest BCUT2D eigenvalue weighted by Crippen LogP contribution is -2.25. The van der Waals surface area contributed by atoms with Crippen molar-refractivity contribution in [2.75, 3.05) is 19.3 Å². The van der Waals surface area contributed by atoms with E-state index in [0.717, 1.165) is 30.1 Å². The predicted molar refractivity (Wildman–Crippen MR) is 103 cm³/mol. The van der Waals surface area contributed by atoms with Gasteiger partial charge in [0.1, 0.15) is 0 Å². The molecule has 4 nitrogen and oxygen atoms in total. The maximum Gasteiger partial charge on any atom is 0.240 e. The summed E-state index contributed by atoms with van der Waals surface area (Å²) in [6.45, 7) is 3.46. The Morgan fingerprint density at radius 3 is 2.28 bits per heavy atom. The molecule has 0 saturated carbocycles. The molecule has 1 aliphatic heterocycles. The number of hydrogen-bond acceptors (Lipinski definition) is 4. The van der Waals surface area contributed by atoms with Gasteiger partial charge in [0.2, 0.25) is 10.0 Å². The number of sulfonamides is 1. The Bertz CT molecular complexity index is 798. The SMILES string of the molecule is CSc1ccc(S(=O)(=O)NCc2ccccc2CN2CCCC2)cc1. The van der Waals surface area contributed by atoms with Crippen LogP contribution in [0.2, 0.25) is 0 Å². The zero-order chi connectivity index (χ0) is 17.7. The first-order valence-electron chi connectivity index (χ1n) is 8.51. The van der Waals surface area contributed by atoms with E-state index in [0.29, 0.717) is 11.4 Å². The first-order chi connectivity index (χ1) is 12.1. The quantitative estimate of drug-likeness (QED) is 0.752. The summed E-state index contributed by atoms with van der Waals surface area (Å²) in [7, 11) is -3.50. The molecule has 1 N–H and O–H groups in total. The van der Waals surface area contributed by atoms with E-state index in [1.807, 2.05) is 36.6 Å². The summed E-state index contributed by atoms with van der Waals surface area (Å²) in [5, 5.41) is 0. The van der Waals surface area contributed by atoms with E-state index in [2.05, 4.69) is 15.7 Å². The Morgan fingerprint density at radius 2 is 1.64 bits per heavy atom. The number of thioether (sulfide) groups is 1. The molecule has 0 amide bonds. The van der Waals surface area contributed by atoms with E-state index < -0.39 is 10.0 Å². The fourth-order valence-electron chi connectivity index (χ4n) is 3.08. The minimum absolute atomic E-state index is 0.308. The molecule has 0 aromatic heterocycles. The zero-order valence-corrected chi connectivity index (χ0v) is 16.1. The molecule has 0 unspecified atom stereocenters. The second-order valence-electron chi connectivity index (χ2n) is 6.25. The normalized spacial score (nSPS) is 15.6. The topological polar surface area (TPSA) is 49.4 Å². The lowest BCUT2D eigenvalue weighted by molar-refractivity contribution is 0.330. The maximum atomic E-state index is 12.5. The summed E-state index contributed by atoms with van der Waals surface area (Å²) in [4.78, 5) is 3.78. The lowest BCUT2D eigenvalue weighted by atomic mass is 10.1. The van der Waals surface area contributed by atoms with E-state index in [4.69, 9.17) is 0 Å².